The van der Waals surface area contributed by atoms with Crippen molar-refractivity contribution in [3.63, 3.8) is 0 Å². The zero-order chi connectivity index (χ0) is 10.5. The first-order valence-electron chi connectivity index (χ1n) is 6.29. The molecule has 2 fully saturated rings. The Labute approximate surface area is 97.9 Å². The van der Waals surface area contributed by atoms with E-state index in [1.807, 2.05) is 0 Å². The van der Waals surface area contributed by atoms with Crippen molar-refractivity contribution in [3.8, 4) is 0 Å². The standard InChI is InChI=1S/C12H22ClNO/c13-12-9-14(6-7-15-10-12)8-11-4-2-1-3-5-11/h11-12H,1-10H2. The van der Waals surface area contributed by atoms with Gasteiger partial charge in [0.1, 0.15) is 0 Å². The molecule has 0 bridgehead atoms. The van der Waals surface area contributed by atoms with Gasteiger partial charge in [-0.1, -0.05) is 19.3 Å². The van der Waals surface area contributed by atoms with Gasteiger partial charge in [0.05, 0.1) is 18.6 Å². The molecule has 3 heteroatoms. The third kappa shape index (κ3) is 3.93. The Morgan fingerprint density at radius 3 is 2.80 bits per heavy atom. The van der Waals surface area contributed by atoms with Crippen LogP contribution in [0.5, 0.6) is 0 Å². The summed E-state index contributed by atoms with van der Waals surface area (Å²) in [5.41, 5.74) is 0. The SMILES string of the molecule is ClC1COCCN(CC2CCCCC2)C1. The number of nitrogens with zero attached hydrogens (tertiary/aromatic N) is 1. The Balaban J connectivity index is 1.76. The second-order valence-electron chi connectivity index (χ2n) is 4.94. The molecule has 88 valence electrons. The molecule has 2 nitrogen and oxygen atoms in total. The second-order valence-corrected chi connectivity index (χ2v) is 5.55. The zero-order valence-corrected chi connectivity index (χ0v) is 10.2. The predicted octanol–water partition coefficient (Wildman–Crippen LogP) is 2.51. The van der Waals surface area contributed by atoms with E-state index in [9.17, 15) is 0 Å². The predicted molar refractivity (Wildman–Crippen MR) is 63.5 cm³/mol. The molecule has 1 aliphatic carbocycles. The lowest BCUT2D eigenvalue weighted by atomic mass is 9.89. The molecule has 0 spiro atoms. The highest BCUT2D eigenvalue weighted by Crippen LogP contribution is 2.24. The Bertz CT molecular complexity index is 182. The van der Waals surface area contributed by atoms with Crippen LogP contribution in [0.4, 0.5) is 0 Å². The van der Waals surface area contributed by atoms with Crippen LogP contribution in [-0.2, 0) is 4.74 Å². The van der Waals surface area contributed by atoms with Gasteiger partial charge in [0.15, 0.2) is 0 Å². The molecule has 1 atom stereocenters. The third-order valence-corrected chi connectivity index (χ3v) is 3.81. The molecule has 1 unspecified atom stereocenters. The molecule has 2 rings (SSSR count). The Morgan fingerprint density at radius 2 is 2.00 bits per heavy atom. The van der Waals surface area contributed by atoms with Gasteiger partial charge in [0.25, 0.3) is 0 Å². The van der Waals surface area contributed by atoms with Gasteiger partial charge in [-0.2, -0.15) is 0 Å². The summed E-state index contributed by atoms with van der Waals surface area (Å²) in [4.78, 5) is 2.50. The smallest absolute Gasteiger partial charge is 0.0696 e. The number of alkyl halides is 1. The van der Waals surface area contributed by atoms with Crippen LogP contribution >= 0.6 is 11.6 Å². The maximum atomic E-state index is 6.17. The minimum Gasteiger partial charge on any atom is -0.379 e. The summed E-state index contributed by atoms with van der Waals surface area (Å²) < 4.78 is 5.45. The topological polar surface area (TPSA) is 12.5 Å². The van der Waals surface area contributed by atoms with Gasteiger partial charge in [0, 0.05) is 19.6 Å². The lowest BCUT2D eigenvalue weighted by Crippen LogP contribution is -2.35. The van der Waals surface area contributed by atoms with Crippen molar-refractivity contribution in [2.45, 2.75) is 37.5 Å². The number of hydrogen-bond acceptors (Lipinski definition) is 2. The molecule has 15 heavy (non-hydrogen) atoms. The molecular formula is C12H22ClNO. The summed E-state index contributed by atoms with van der Waals surface area (Å²) in [5, 5.41) is 0.191. The highest BCUT2D eigenvalue weighted by Gasteiger charge is 2.21. The normalized spacial score (nSPS) is 31.4. The minimum atomic E-state index is 0.191. The minimum absolute atomic E-state index is 0.191. The van der Waals surface area contributed by atoms with E-state index in [-0.39, 0.29) is 5.38 Å². The molecule has 1 saturated carbocycles. The molecule has 2 aliphatic rings. The lowest BCUT2D eigenvalue weighted by molar-refractivity contribution is 0.136. The number of rotatable bonds is 2. The molecule has 0 amide bonds. The number of hydrogen-bond donors (Lipinski definition) is 0. The van der Waals surface area contributed by atoms with Gasteiger partial charge >= 0.3 is 0 Å². The van der Waals surface area contributed by atoms with E-state index >= 15 is 0 Å². The largest absolute Gasteiger partial charge is 0.379 e. The van der Waals surface area contributed by atoms with Gasteiger partial charge in [-0.3, -0.25) is 4.90 Å². The van der Waals surface area contributed by atoms with Crippen LogP contribution < -0.4 is 0 Å². The third-order valence-electron chi connectivity index (χ3n) is 3.55. The molecule has 0 aromatic rings. The monoisotopic (exact) mass is 231 g/mol. The molecule has 0 aromatic heterocycles. The molecular weight excluding hydrogens is 210 g/mol. The van der Waals surface area contributed by atoms with Crippen LogP contribution in [0.15, 0.2) is 0 Å². The molecule has 1 aliphatic heterocycles. The Morgan fingerprint density at radius 1 is 1.20 bits per heavy atom. The van der Waals surface area contributed by atoms with Crippen molar-refractivity contribution < 1.29 is 4.74 Å². The quantitative estimate of drug-likeness (QED) is 0.678. The fraction of sp³-hybridized carbons (Fsp3) is 1.00. The van der Waals surface area contributed by atoms with Crippen molar-refractivity contribution >= 4 is 11.6 Å². The Hall–Kier alpha value is 0.210. The zero-order valence-electron chi connectivity index (χ0n) is 9.46. The van der Waals surface area contributed by atoms with E-state index in [0.717, 1.165) is 32.2 Å². The molecule has 0 radical (unpaired) electrons. The summed E-state index contributed by atoms with van der Waals surface area (Å²) in [7, 11) is 0. The maximum absolute atomic E-state index is 6.17. The fourth-order valence-electron chi connectivity index (χ4n) is 2.73. The van der Waals surface area contributed by atoms with E-state index in [1.54, 1.807) is 0 Å². The Kier molecular flexibility index (Phi) is 4.73. The van der Waals surface area contributed by atoms with Gasteiger partial charge in [-0.05, 0) is 18.8 Å². The molecule has 1 saturated heterocycles. The first-order chi connectivity index (χ1) is 7.34. The van der Waals surface area contributed by atoms with Crippen LogP contribution in [0, 0.1) is 5.92 Å². The van der Waals surface area contributed by atoms with Crippen LogP contribution in [0.1, 0.15) is 32.1 Å². The van der Waals surface area contributed by atoms with E-state index in [1.165, 1.54) is 38.6 Å². The molecule has 1 heterocycles. The van der Waals surface area contributed by atoms with Gasteiger partial charge in [-0.15, -0.1) is 11.6 Å². The van der Waals surface area contributed by atoms with Crippen molar-refractivity contribution in [2.24, 2.45) is 5.92 Å². The average molecular weight is 232 g/mol. The van der Waals surface area contributed by atoms with Gasteiger partial charge < -0.3 is 4.74 Å². The first-order valence-corrected chi connectivity index (χ1v) is 6.72. The molecule has 0 N–H and O–H groups in total. The van der Waals surface area contributed by atoms with Crippen molar-refractivity contribution in [3.05, 3.63) is 0 Å². The van der Waals surface area contributed by atoms with Crippen molar-refractivity contribution in [1.29, 1.82) is 0 Å². The molecule has 0 aromatic carbocycles. The summed E-state index contributed by atoms with van der Waals surface area (Å²) in [5.74, 6) is 0.917. The average Bonchev–Trinajstić information content (AvgIpc) is 2.44. The first kappa shape index (κ1) is 11.7. The second kappa shape index (κ2) is 6.07. The van der Waals surface area contributed by atoms with Gasteiger partial charge in [0.2, 0.25) is 0 Å². The van der Waals surface area contributed by atoms with Crippen LogP contribution in [0.2, 0.25) is 0 Å². The van der Waals surface area contributed by atoms with Crippen LogP contribution in [0.3, 0.4) is 0 Å². The van der Waals surface area contributed by atoms with Crippen molar-refractivity contribution in [1.82, 2.24) is 4.90 Å². The summed E-state index contributed by atoms with van der Waals surface area (Å²) in [6.07, 6.45) is 7.14. The van der Waals surface area contributed by atoms with E-state index in [4.69, 9.17) is 16.3 Å². The summed E-state index contributed by atoms with van der Waals surface area (Å²) >= 11 is 6.17. The lowest BCUT2D eigenvalue weighted by Gasteiger charge is -2.29. The van der Waals surface area contributed by atoms with Crippen molar-refractivity contribution in [2.75, 3.05) is 32.8 Å². The van der Waals surface area contributed by atoms with E-state index < -0.39 is 0 Å². The number of halogens is 1. The summed E-state index contributed by atoms with van der Waals surface area (Å²) in [6.45, 7) is 4.91. The van der Waals surface area contributed by atoms with Gasteiger partial charge in [-0.25, -0.2) is 0 Å². The maximum Gasteiger partial charge on any atom is 0.0696 e. The highest BCUT2D eigenvalue weighted by atomic mass is 35.5. The van der Waals surface area contributed by atoms with Crippen LogP contribution in [0.25, 0.3) is 0 Å². The van der Waals surface area contributed by atoms with Crippen LogP contribution in [-0.4, -0.2) is 43.1 Å². The fourth-order valence-corrected chi connectivity index (χ4v) is 3.01. The number of ether oxygens (including phenoxy) is 1. The van der Waals surface area contributed by atoms with E-state index in [2.05, 4.69) is 4.90 Å². The highest BCUT2D eigenvalue weighted by molar-refractivity contribution is 6.20. The summed E-state index contributed by atoms with van der Waals surface area (Å²) in [6, 6.07) is 0. The van der Waals surface area contributed by atoms with E-state index in [0.29, 0.717) is 0 Å².